The number of benzene rings is 1. The molecule has 0 amide bonds. The van der Waals surface area contributed by atoms with Crippen LogP contribution in [0.4, 0.5) is 11.4 Å². The van der Waals surface area contributed by atoms with Gasteiger partial charge in [0.2, 0.25) is 0 Å². The zero-order valence-corrected chi connectivity index (χ0v) is 11.8. The van der Waals surface area contributed by atoms with Crippen LogP contribution in [0.3, 0.4) is 0 Å². The number of carbonyl (C=O) groups excluding carboxylic acids is 1. The van der Waals surface area contributed by atoms with Gasteiger partial charge in [0.1, 0.15) is 12.0 Å². The number of nitro groups is 1. The fourth-order valence-corrected chi connectivity index (χ4v) is 2.14. The van der Waals surface area contributed by atoms with Crippen molar-refractivity contribution in [1.82, 2.24) is 0 Å². The Balaban J connectivity index is 3.11. The van der Waals surface area contributed by atoms with Crippen molar-refractivity contribution in [3.8, 4) is 0 Å². The molecule has 0 fully saturated rings. The summed E-state index contributed by atoms with van der Waals surface area (Å²) in [5.74, 6) is 0.519. The molecular weight excluding hydrogens is 244 g/mol. The van der Waals surface area contributed by atoms with Gasteiger partial charge in [0.25, 0.3) is 5.69 Å². The molecule has 0 spiro atoms. The minimum atomic E-state index is -0.444. The predicted molar refractivity (Wildman–Crippen MR) is 75.8 cm³/mol. The van der Waals surface area contributed by atoms with Crippen molar-refractivity contribution in [1.29, 1.82) is 0 Å². The smallest absolute Gasteiger partial charge is 0.293 e. The van der Waals surface area contributed by atoms with Gasteiger partial charge in [-0.1, -0.05) is 13.8 Å². The van der Waals surface area contributed by atoms with E-state index in [2.05, 4.69) is 13.8 Å². The summed E-state index contributed by atoms with van der Waals surface area (Å²) in [5, 5.41) is 11.1. The molecule has 0 N–H and O–H groups in total. The first-order valence-electron chi connectivity index (χ1n) is 6.33. The fraction of sp³-hybridized carbons (Fsp3) is 0.500. The van der Waals surface area contributed by atoms with E-state index in [0.717, 1.165) is 6.42 Å². The minimum absolute atomic E-state index is 0.0253. The highest BCUT2D eigenvalue weighted by atomic mass is 16.6. The molecule has 0 aliphatic carbocycles. The summed E-state index contributed by atoms with van der Waals surface area (Å²) in [6.07, 6.45) is 1.57. The van der Waals surface area contributed by atoms with E-state index in [1.807, 2.05) is 18.9 Å². The zero-order chi connectivity index (χ0) is 14.6. The predicted octanol–water partition coefficient (Wildman–Crippen LogP) is 3.28. The molecule has 0 aliphatic rings. The van der Waals surface area contributed by atoms with Crippen molar-refractivity contribution in [2.24, 2.45) is 5.92 Å². The highest BCUT2D eigenvalue weighted by molar-refractivity contribution is 5.79. The molecule has 104 valence electrons. The summed E-state index contributed by atoms with van der Waals surface area (Å²) in [6.45, 7) is 6.28. The van der Waals surface area contributed by atoms with E-state index in [1.54, 1.807) is 12.1 Å². The summed E-state index contributed by atoms with van der Waals surface area (Å²) in [6, 6.07) is 4.76. The Morgan fingerprint density at radius 2 is 2.00 bits per heavy atom. The average molecular weight is 264 g/mol. The van der Waals surface area contributed by atoms with Gasteiger partial charge in [-0.15, -0.1) is 0 Å². The zero-order valence-electron chi connectivity index (χ0n) is 11.8. The standard InChI is InChI=1S/C14H20N2O3/c1-10(2)7-11(3)15(4)13-6-5-12(9-17)8-14(13)16(18)19/h5-6,8-11H,7H2,1-4H3. The summed E-state index contributed by atoms with van der Waals surface area (Å²) >= 11 is 0. The Hall–Kier alpha value is -1.91. The van der Waals surface area contributed by atoms with Crippen molar-refractivity contribution < 1.29 is 9.72 Å². The van der Waals surface area contributed by atoms with Gasteiger partial charge in [0, 0.05) is 24.7 Å². The molecule has 19 heavy (non-hydrogen) atoms. The first-order valence-corrected chi connectivity index (χ1v) is 6.33. The summed E-state index contributed by atoms with van der Waals surface area (Å²) in [4.78, 5) is 23.3. The highest BCUT2D eigenvalue weighted by Crippen LogP contribution is 2.30. The largest absolute Gasteiger partial charge is 0.366 e. The number of hydrogen-bond donors (Lipinski definition) is 0. The Morgan fingerprint density at radius 1 is 1.37 bits per heavy atom. The molecule has 0 bridgehead atoms. The lowest BCUT2D eigenvalue weighted by atomic mass is 10.0. The van der Waals surface area contributed by atoms with Gasteiger partial charge in [-0.05, 0) is 31.4 Å². The third-order valence-electron chi connectivity index (χ3n) is 3.19. The van der Waals surface area contributed by atoms with Crippen LogP contribution in [0.25, 0.3) is 0 Å². The molecule has 1 unspecified atom stereocenters. The number of hydrogen-bond acceptors (Lipinski definition) is 4. The number of rotatable bonds is 6. The second kappa shape index (κ2) is 6.31. The maximum absolute atomic E-state index is 11.1. The van der Waals surface area contributed by atoms with Gasteiger partial charge in [-0.25, -0.2) is 0 Å². The first-order chi connectivity index (χ1) is 8.86. The second-order valence-electron chi connectivity index (χ2n) is 5.21. The summed E-state index contributed by atoms with van der Waals surface area (Å²) in [7, 11) is 1.84. The topological polar surface area (TPSA) is 63.5 Å². The molecule has 0 heterocycles. The monoisotopic (exact) mass is 264 g/mol. The molecule has 0 aliphatic heterocycles. The first kappa shape index (κ1) is 15.1. The SMILES string of the molecule is CC(C)CC(C)N(C)c1ccc(C=O)cc1[N+](=O)[O-]. The second-order valence-corrected chi connectivity index (χ2v) is 5.21. The van der Waals surface area contributed by atoms with Gasteiger partial charge in [0.05, 0.1) is 4.92 Å². The fourth-order valence-electron chi connectivity index (χ4n) is 2.14. The number of carbonyl (C=O) groups is 1. The molecule has 1 atom stereocenters. The lowest BCUT2D eigenvalue weighted by Gasteiger charge is -2.28. The van der Waals surface area contributed by atoms with E-state index in [1.165, 1.54) is 6.07 Å². The van der Waals surface area contributed by atoms with E-state index in [4.69, 9.17) is 0 Å². The normalized spacial score (nSPS) is 12.3. The maximum Gasteiger partial charge on any atom is 0.293 e. The van der Waals surface area contributed by atoms with Gasteiger partial charge >= 0.3 is 0 Å². The van der Waals surface area contributed by atoms with Crippen LogP contribution in [0.5, 0.6) is 0 Å². The van der Waals surface area contributed by atoms with E-state index in [0.29, 0.717) is 23.5 Å². The number of nitrogens with zero attached hydrogens (tertiary/aromatic N) is 2. The highest BCUT2D eigenvalue weighted by Gasteiger charge is 2.21. The van der Waals surface area contributed by atoms with E-state index in [-0.39, 0.29) is 11.7 Å². The maximum atomic E-state index is 11.1. The van der Waals surface area contributed by atoms with Gasteiger partial charge in [-0.2, -0.15) is 0 Å². The van der Waals surface area contributed by atoms with Crippen LogP contribution in [0.1, 0.15) is 37.6 Å². The Labute approximate surface area is 113 Å². The molecule has 1 aromatic rings. The molecule has 1 aromatic carbocycles. The third kappa shape index (κ3) is 3.77. The Bertz CT molecular complexity index is 472. The van der Waals surface area contributed by atoms with Gasteiger partial charge in [0.15, 0.2) is 0 Å². The van der Waals surface area contributed by atoms with E-state index < -0.39 is 4.92 Å². The average Bonchev–Trinajstić information content (AvgIpc) is 2.36. The summed E-state index contributed by atoms with van der Waals surface area (Å²) < 4.78 is 0. The van der Waals surface area contributed by atoms with E-state index >= 15 is 0 Å². The van der Waals surface area contributed by atoms with Gasteiger partial charge < -0.3 is 4.90 Å². The molecule has 5 heteroatoms. The molecule has 5 nitrogen and oxygen atoms in total. The molecule has 0 aromatic heterocycles. The number of anilines is 1. The van der Waals surface area contributed by atoms with Crippen LogP contribution in [-0.4, -0.2) is 24.3 Å². The van der Waals surface area contributed by atoms with Crippen molar-refractivity contribution in [3.05, 3.63) is 33.9 Å². The van der Waals surface area contributed by atoms with Crippen LogP contribution < -0.4 is 4.90 Å². The molecule has 0 saturated carbocycles. The molecule has 0 radical (unpaired) electrons. The Morgan fingerprint density at radius 3 is 2.47 bits per heavy atom. The van der Waals surface area contributed by atoms with Crippen molar-refractivity contribution in [2.45, 2.75) is 33.2 Å². The van der Waals surface area contributed by atoms with Crippen molar-refractivity contribution in [2.75, 3.05) is 11.9 Å². The minimum Gasteiger partial charge on any atom is -0.366 e. The molecule has 0 saturated heterocycles. The van der Waals surface area contributed by atoms with Crippen molar-refractivity contribution >= 4 is 17.7 Å². The van der Waals surface area contributed by atoms with Gasteiger partial charge in [-0.3, -0.25) is 14.9 Å². The summed E-state index contributed by atoms with van der Waals surface area (Å²) in [5.41, 5.74) is 0.840. The van der Waals surface area contributed by atoms with Crippen LogP contribution >= 0.6 is 0 Å². The molecular formula is C14H20N2O3. The third-order valence-corrected chi connectivity index (χ3v) is 3.19. The van der Waals surface area contributed by atoms with Crippen molar-refractivity contribution in [3.63, 3.8) is 0 Å². The lowest BCUT2D eigenvalue weighted by molar-refractivity contribution is -0.384. The lowest BCUT2D eigenvalue weighted by Crippen LogP contribution is -2.30. The quantitative estimate of drug-likeness (QED) is 0.449. The van der Waals surface area contributed by atoms with Crippen LogP contribution in [-0.2, 0) is 0 Å². The van der Waals surface area contributed by atoms with Crippen LogP contribution in [0.2, 0.25) is 0 Å². The van der Waals surface area contributed by atoms with Crippen LogP contribution in [0, 0.1) is 16.0 Å². The molecule has 1 rings (SSSR count). The van der Waals surface area contributed by atoms with E-state index in [9.17, 15) is 14.9 Å². The number of nitro benzene ring substituents is 1. The number of aldehydes is 1. The Kier molecular flexibility index (Phi) is 5.03. The van der Waals surface area contributed by atoms with Crippen LogP contribution in [0.15, 0.2) is 18.2 Å².